The van der Waals surface area contributed by atoms with Crippen LogP contribution in [0.2, 0.25) is 0 Å². The molecule has 1 aliphatic rings. The van der Waals surface area contributed by atoms with Crippen molar-refractivity contribution in [3.63, 3.8) is 0 Å². The molecule has 1 unspecified atom stereocenters. The Morgan fingerprint density at radius 3 is 2.80 bits per heavy atom. The summed E-state index contributed by atoms with van der Waals surface area (Å²) in [6.45, 7) is 1.42. The standard InChI is InChI=1S/C25H24N6O4/c1-30-13-20(27-24(33)21-16-35-25(28-21)19-7-9-26-10-8-19)23(29-30)31-12-18(11-22(31)32)15-34-14-17-5-3-2-4-6-17/h2-10,13,16,18H,11-12,14-15H2,1H3,(H,27,33). The molecule has 1 aromatic carbocycles. The van der Waals surface area contributed by atoms with E-state index in [1.807, 2.05) is 30.3 Å². The summed E-state index contributed by atoms with van der Waals surface area (Å²) in [5, 5.41) is 7.23. The number of nitrogens with one attached hydrogen (secondary N) is 1. The number of amides is 2. The van der Waals surface area contributed by atoms with Gasteiger partial charge in [-0.15, -0.1) is 0 Å². The summed E-state index contributed by atoms with van der Waals surface area (Å²) in [6.07, 6.45) is 6.55. The van der Waals surface area contributed by atoms with Gasteiger partial charge in [-0.1, -0.05) is 30.3 Å². The smallest absolute Gasteiger partial charge is 0.277 e. The van der Waals surface area contributed by atoms with Gasteiger partial charge in [-0.2, -0.15) is 5.10 Å². The number of hydrogen-bond acceptors (Lipinski definition) is 7. The molecule has 2 amide bonds. The second kappa shape index (κ2) is 9.90. The number of ether oxygens (including phenoxy) is 1. The Morgan fingerprint density at radius 1 is 1.20 bits per heavy atom. The van der Waals surface area contributed by atoms with Crippen molar-refractivity contribution in [2.45, 2.75) is 13.0 Å². The van der Waals surface area contributed by atoms with Crippen LogP contribution < -0.4 is 10.2 Å². The van der Waals surface area contributed by atoms with E-state index in [0.717, 1.165) is 5.56 Å². The summed E-state index contributed by atoms with van der Waals surface area (Å²) in [4.78, 5) is 35.4. The third-order valence-electron chi connectivity index (χ3n) is 5.65. The summed E-state index contributed by atoms with van der Waals surface area (Å²) in [5.41, 5.74) is 2.34. The lowest BCUT2D eigenvalue weighted by Crippen LogP contribution is -2.27. The molecular weight excluding hydrogens is 448 g/mol. The van der Waals surface area contributed by atoms with E-state index in [9.17, 15) is 9.59 Å². The predicted octanol–water partition coefficient (Wildman–Crippen LogP) is 3.29. The molecule has 0 bridgehead atoms. The molecule has 0 spiro atoms. The Hall–Kier alpha value is -4.31. The zero-order valence-electron chi connectivity index (χ0n) is 19.1. The Balaban J connectivity index is 1.24. The van der Waals surface area contributed by atoms with Gasteiger partial charge < -0.3 is 14.5 Å². The van der Waals surface area contributed by atoms with Crippen LogP contribution >= 0.6 is 0 Å². The Bertz CT molecular complexity index is 1320. The maximum atomic E-state index is 12.9. The summed E-state index contributed by atoms with van der Waals surface area (Å²) >= 11 is 0. The minimum atomic E-state index is -0.460. The van der Waals surface area contributed by atoms with Crippen molar-refractivity contribution in [1.82, 2.24) is 19.7 Å². The van der Waals surface area contributed by atoms with E-state index in [2.05, 4.69) is 20.4 Å². The van der Waals surface area contributed by atoms with Gasteiger partial charge >= 0.3 is 0 Å². The highest BCUT2D eigenvalue weighted by atomic mass is 16.5. The fraction of sp³-hybridized carbons (Fsp3) is 0.240. The lowest BCUT2D eigenvalue weighted by Gasteiger charge is -2.16. The molecule has 178 valence electrons. The molecule has 1 fully saturated rings. The van der Waals surface area contributed by atoms with Crippen LogP contribution in [0.3, 0.4) is 0 Å². The molecular formula is C25H24N6O4. The van der Waals surface area contributed by atoms with Gasteiger partial charge in [-0.25, -0.2) is 4.98 Å². The van der Waals surface area contributed by atoms with Crippen LogP contribution in [0.5, 0.6) is 0 Å². The highest BCUT2D eigenvalue weighted by molar-refractivity contribution is 6.06. The van der Waals surface area contributed by atoms with Gasteiger partial charge in [0.05, 0.1) is 19.4 Å². The number of hydrogen-bond donors (Lipinski definition) is 1. The number of benzene rings is 1. The van der Waals surface area contributed by atoms with Gasteiger partial charge in [0.15, 0.2) is 11.5 Å². The maximum absolute atomic E-state index is 12.9. The van der Waals surface area contributed by atoms with Crippen molar-refractivity contribution in [2.75, 3.05) is 23.4 Å². The molecule has 10 heteroatoms. The average Bonchev–Trinajstić information content (AvgIpc) is 3.59. The van der Waals surface area contributed by atoms with Gasteiger partial charge in [-0.05, 0) is 17.7 Å². The van der Waals surface area contributed by atoms with Crippen LogP contribution in [-0.4, -0.2) is 44.7 Å². The molecule has 0 aliphatic carbocycles. The van der Waals surface area contributed by atoms with E-state index in [-0.39, 0.29) is 17.5 Å². The number of carbonyl (C=O) groups excluding carboxylic acids is 2. The Morgan fingerprint density at radius 2 is 2.00 bits per heavy atom. The minimum Gasteiger partial charge on any atom is -0.444 e. The second-order valence-electron chi connectivity index (χ2n) is 8.34. The van der Waals surface area contributed by atoms with Crippen LogP contribution in [0.25, 0.3) is 11.5 Å². The van der Waals surface area contributed by atoms with Gasteiger partial charge in [0.2, 0.25) is 11.8 Å². The zero-order chi connectivity index (χ0) is 24.2. The molecule has 4 aromatic rings. The number of carbonyl (C=O) groups is 2. The monoisotopic (exact) mass is 472 g/mol. The Labute approximate surface area is 201 Å². The second-order valence-corrected chi connectivity index (χ2v) is 8.34. The Kier molecular flexibility index (Phi) is 6.36. The van der Waals surface area contributed by atoms with E-state index in [1.54, 1.807) is 47.4 Å². The fourth-order valence-electron chi connectivity index (χ4n) is 3.97. The molecule has 0 saturated carbocycles. The first-order chi connectivity index (χ1) is 17.1. The quantitative estimate of drug-likeness (QED) is 0.418. The summed E-state index contributed by atoms with van der Waals surface area (Å²) in [5.74, 6) is 0.230. The molecule has 4 heterocycles. The first-order valence-electron chi connectivity index (χ1n) is 11.2. The van der Waals surface area contributed by atoms with E-state index in [0.29, 0.717) is 49.1 Å². The van der Waals surface area contributed by atoms with Crippen molar-refractivity contribution in [2.24, 2.45) is 13.0 Å². The number of oxazole rings is 1. The van der Waals surface area contributed by atoms with Crippen molar-refractivity contribution >= 4 is 23.3 Å². The third-order valence-corrected chi connectivity index (χ3v) is 5.65. The highest BCUT2D eigenvalue weighted by Crippen LogP contribution is 2.31. The number of nitrogens with zero attached hydrogens (tertiary/aromatic N) is 5. The van der Waals surface area contributed by atoms with Crippen LogP contribution in [0.1, 0.15) is 22.5 Å². The van der Waals surface area contributed by atoms with Crippen LogP contribution in [0, 0.1) is 5.92 Å². The highest BCUT2D eigenvalue weighted by Gasteiger charge is 2.34. The van der Waals surface area contributed by atoms with Crippen molar-refractivity contribution in [1.29, 1.82) is 0 Å². The molecule has 0 radical (unpaired) electrons. The van der Waals surface area contributed by atoms with Gasteiger partial charge in [-0.3, -0.25) is 24.2 Å². The van der Waals surface area contributed by atoms with Gasteiger partial charge in [0.1, 0.15) is 12.0 Å². The molecule has 5 rings (SSSR count). The third kappa shape index (κ3) is 5.12. The predicted molar refractivity (Wildman–Crippen MR) is 127 cm³/mol. The topological polar surface area (TPSA) is 115 Å². The zero-order valence-corrected chi connectivity index (χ0v) is 19.1. The summed E-state index contributed by atoms with van der Waals surface area (Å²) in [7, 11) is 1.73. The number of aryl methyl sites for hydroxylation is 1. The molecule has 1 saturated heterocycles. The van der Waals surface area contributed by atoms with Crippen molar-refractivity contribution in [3.05, 3.63) is 78.6 Å². The first-order valence-corrected chi connectivity index (χ1v) is 11.2. The molecule has 3 aromatic heterocycles. The van der Waals surface area contributed by atoms with Crippen molar-refractivity contribution in [3.8, 4) is 11.5 Å². The van der Waals surface area contributed by atoms with Crippen LogP contribution in [-0.2, 0) is 23.2 Å². The normalized spacial score (nSPS) is 15.5. The SMILES string of the molecule is Cn1cc(NC(=O)c2coc(-c3ccncc3)n2)c(N2CC(COCc3ccccc3)CC2=O)n1. The molecule has 1 N–H and O–H groups in total. The number of anilines is 2. The number of aromatic nitrogens is 4. The fourth-order valence-corrected chi connectivity index (χ4v) is 3.97. The largest absolute Gasteiger partial charge is 0.444 e. The minimum absolute atomic E-state index is 0.0373. The number of rotatable bonds is 8. The first kappa shape index (κ1) is 22.5. The molecule has 10 nitrogen and oxygen atoms in total. The molecule has 1 aliphatic heterocycles. The maximum Gasteiger partial charge on any atom is 0.277 e. The summed E-state index contributed by atoms with van der Waals surface area (Å²) in [6, 6.07) is 13.4. The average molecular weight is 473 g/mol. The van der Waals surface area contributed by atoms with E-state index in [4.69, 9.17) is 9.15 Å². The van der Waals surface area contributed by atoms with E-state index >= 15 is 0 Å². The molecule has 1 atom stereocenters. The van der Waals surface area contributed by atoms with Crippen molar-refractivity contribution < 1.29 is 18.7 Å². The van der Waals surface area contributed by atoms with E-state index in [1.165, 1.54) is 6.26 Å². The van der Waals surface area contributed by atoms with E-state index < -0.39 is 5.91 Å². The summed E-state index contributed by atoms with van der Waals surface area (Å²) < 4.78 is 12.8. The lowest BCUT2D eigenvalue weighted by atomic mass is 10.1. The van der Waals surface area contributed by atoms with Crippen LogP contribution in [0.15, 0.2) is 71.7 Å². The number of pyridine rings is 1. The lowest BCUT2D eigenvalue weighted by molar-refractivity contribution is -0.117. The van der Waals surface area contributed by atoms with Gasteiger partial charge in [0, 0.05) is 43.9 Å². The van der Waals surface area contributed by atoms with Gasteiger partial charge in [0.25, 0.3) is 5.91 Å². The van der Waals surface area contributed by atoms with Crippen LogP contribution in [0.4, 0.5) is 11.5 Å². The molecule has 35 heavy (non-hydrogen) atoms.